The largest absolute Gasteiger partial charge is 0.335 e. The Balaban J connectivity index is 2.66. The molecule has 56 valence electrons. The van der Waals surface area contributed by atoms with E-state index in [4.69, 9.17) is 0 Å². The maximum atomic E-state index is 10.8. The number of nitrogens with one attached hydrogen (secondary N) is 1. The number of hydrogen-bond acceptors (Lipinski definition) is 2. The van der Waals surface area contributed by atoms with Crippen molar-refractivity contribution in [2.24, 2.45) is 0 Å². The van der Waals surface area contributed by atoms with E-state index >= 15 is 0 Å². The van der Waals surface area contributed by atoms with E-state index in [2.05, 4.69) is 5.32 Å². The highest BCUT2D eigenvalue weighted by molar-refractivity contribution is 5.90. The van der Waals surface area contributed by atoms with Gasteiger partial charge in [-0.15, -0.1) is 0 Å². The second-order valence-corrected chi connectivity index (χ2v) is 2.42. The summed E-state index contributed by atoms with van der Waals surface area (Å²) < 4.78 is 0. The molecule has 4 nitrogen and oxygen atoms in total. The van der Waals surface area contributed by atoms with Crippen molar-refractivity contribution in [1.29, 1.82) is 0 Å². The van der Waals surface area contributed by atoms with Gasteiger partial charge in [-0.25, -0.2) is 4.79 Å². The molecule has 4 heteroatoms. The molecule has 0 aromatic carbocycles. The van der Waals surface area contributed by atoms with E-state index in [1.807, 2.05) is 0 Å². The molecule has 10 heavy (non-hydrogen) atoms. The molecule has 1 aliphatic rings. The Kier molecular flexibility index (Phi) is 1.61. The van der Waals surface area contributed by atoms with E-state index in [9.17, 15) is 9.59 Å². The average Bonchev–Trinajstić information content (AvgIpc) is 2.14. The van der Waals surface area contributed by atoms with Crippen LogP contribution in [0.4, 0.5) is 4.79 Å². The molecule has 1 fully saturated rings. The van der Waals surface area contributed by atoms with Crippen molar-refractivity contribution in [3.63, 3.8) is 0 Å². The van der Waals surface area contributed by atoms with Crippen molar-refractivity contribution >= 4 is 11.8 Å². The molecular formula is C6H10N2O2. The summed E-state index contributed by atoms with van der Waals surface area (Å²) in [5.74, 6) is 0.0286. The Bertz CT molecular complexity index is 179. The van der Waals surface area contributed by atoms with Gasteiger partial charge in [0.25, 0.3) is 0 Å². The van der Waals surface area contributed by atoms with Gasteiger partial charge < -0.3 is 10.2 Å². The number of rotatable bonds is 1. The quantitative estimate of drug-likeness (QED) is 0.541. The Labute approximate surface area is 59.2 Å². The first-order valence-electron chi connectivity index (χ1n) is 3.14. The second kappa shape index (κ2) is 2.28. The monoisotopic (exact) mass is 142 g/mol. The summed E-state index contributed by atoms with van der Waals surface area (Å²) in [4.78, 5) is 22.9. The molecule has 0 saturated carbocycles. The first-order chi connectivity index (χ1) is 4.63. The molecule has 1 heterocycles. The van der Waals surface area contributed by atoms with Crippen LogP contribution in [0.5, 0.6) is 0 Å². The zero-order chi connectivity index (χ0) is 7.72. The lowest BCUT2D eigenvalue weighted by Crippen LogP contribution is -2.34. The number of carbonyl (C=O) groups excluding carboxylic acids is 2. The molecule has 0 aliphatic carbocycles. The molecule has 1 aliphatic heterocycles. The number of hydrogen-bond donors (Lipinski definition) is 1. The number of nitrogens with zero attached hydrogens (tertiary/aromatic N) is 1. The lowest BCUT2D eigenvalue weighted by Gasteiger charge is -2.13. The van der Waals surface area contributed by atoms with Gasteiger partial charge in [0, 0.05) is 13.6 Å². The molecule has 0 spiro atoms. The minimum atomic E-state index is -0.257. The second-order valence-electron chi connectivity index (χ2n) is 2.42. The Hall–Kier alpha value is -1.06. The van der Waals surface area contributed by atoms with E-state index in [-0.39, 0.29) is 17.9 Å². The van der Waals surface area contributed by atoms with Gasteiger partial charge in [0.15, 0.2) is 5.78 Å². The third-order valence-electron chi connectivity index (χ3n) is 1.70. The van der Waals surface area contributed by atoms with Crippen LogP contribution in [-0.2, 0) is 4.79 Å². The van der Waals surface area contributed by atoms with Crippen LogP contribution in [0.2, 0.25) is 0 Å². The number of Topliss-reactive ketones (excluding diaryl/α,β-unsaturated/α-hetero) is 1. The van der Waals surface area contributed by atoms with Crippen LogP contribution in [0.3, 0.4) is 0 Å². The van der Waals surface area contributed by atoms with Crippen LogP contribution in [0.25, 0.3) is 0 Å². The number of ketones is 1. The molecule has 0 aromatic heterocycles. The minimum absolute atomic E-state index is 0.0286. The Morgan fingerprint density at radius 2 is 2.40 bits per heavy atom. The minimum Gasteiger partial charge on any atom is -0.335 e. The van der Waals surface area contributed by atoms with Crippen LogP contribution in [-0.4, -0.2) is 36.3 Å². The predicted molar refractivity (Wildman–Crippen MR) is 35.6 cm³/mol. The van der Waals surface area contributed by atoms with E-state index < -0.39 is 0 Å². The molecule has 0 bridgehead atoms. The number of carbonyl (C=O) groups is 2. The van der Waals surface area contributed by atoms with Gasteiger partial charge in [0.1, 0.15) is 6.04 Å². The highest BCUT2D eigenvalue weighted by Crippen LogP contribution is 2.03. The van der Waals surface area contributed by atoms with Gasteiger partial charge in [-0.05, 0) is 6.92 Å². The maximum Gasteiger partial charge on any atom is 0.317 e. The van der Waals surface area contributed by atoms with Crippen molar-refractivity contribution in [3.8, 4) is 0 Å². The van der Waals surface area contributed by atoms with Crippen molar-refractivity contribution in [2.75, 3.05) is 13.6 Å². The fourth-order valence-electron chi connectivity index (χ4n) is 1.00. The predicted octanol–water partition coefficient (Wildman–Crippen LogP) is -0.401. The van der Waals surface area contributed by atoms with E-state index in [0.717, 1.165) is 0 Å². The molecular weight excluding hydrogens is 132 g/mol. The van der Waals surface area contributed by atoms with Crippen molar-refractivity contribution < 1.29 is 9.59 Å². The number of urea groups is 1. The van der Waals surface area contributed by atoms with E-state index in [1.54, 1.807) is 7.05 Å². The summed E-state index contributed by atoms with van der Waals surface area (Å²) in [6.45, 7) is 1.94. The summed E-state index contributed by atoms with van der Waals surface area (Å²) >= 11 is 0. The van der Waals surface area contributed by atoms with Gasteiger partial charge in [0.2, 0.25) is 0 Å². The van der Waals surface area contributed by atoms with Crippen LogP contribution in [0, 0.1) is 0 Å². The molecule has 1 N–H and O–H groups in total. The maximum absolute atomic E-state index is 10.8. The molecule has 1 rings (SSSR count). The SMILES string of the molecule is CC(=O)C1CNC(=O)N1C. The highest BCUT2D eigenvalue weighted by Gasteiger charge is 2.29. The third kappa shape index (κ3) is 0.964. The first-order valence-corrected chi connectivity index (χ1v) is 3.14. The van der Waals surface area contributed by atoms with Gasteiger partial charge in [-0.3, -0.25) is 4.79 Å². The van der Waals surface area contributed by atoms with Crippen molar-refractivity contribution in [1.82, 2.24) is 10.2 Å². The van der Waals surface area contributed by atoms with Gasteiger partial charge in [-0.1, -0.05) is 0 Å². The van der Waals surface area contributed by atoms with Crippen LogP contribution >= 0.6 is 0 Å². The topological polar surface area (TPSA) is 49.4 Å². The van der Waals surface area contributed by atoms with Crippen LogP contribution < -0.4 is 5.32 Å². The Morgan fingerprint density at radius 3 is 2.60 bits per heavy atom. The van der Waals surface area contributed by atoms with Crippen LogP contribution in [0.1, 0.15) is 6.92 Å². The normalized spacial score (nSPS) is 24.8. The molecule has 1 atom stereocenters. The first kappa shape index (κ1) is 7.05. The van der Waals surface area contributed by atoms with Gasteiger partial charge in [-0.2, -0.15) is 0 Å². The average molecular weight is 142 g/mol. The summed E-state index contributed by atoms with van der Waals surface area (Å²) in [6, 6.07) is -0.423. The smallest absolute Gasteiger partial charge is 0.317 e. The summed E-state index contributed by atoms with van der Waals surface area (Å²) in [6.07, 6.45) is 0. The van der Waals surface area contributed by atoms with Gasteiger partial charge >= 0.3 is 6.03 Å². The Morgan fingerprint density at radius 1 is 1.80 bits per heavy atom. The molecule has 1 unspecified atom stereocenters. The highest BCUT2D eigenvalue weighted by atomic mass is 16.2. The molecule has 1 saturated heterocycles. The zero-order valence-electron chi connectivity index (χ0n) is 6.05. The molecule has 0 radical (unpaired) electrons. The van der Waals surface area contributed by atoms with E-state index in [1.165, 1.54) is 11.8 Å². The number of likely N-dealkylation sites (N-methyl/N-ethyl adjacent to an activating group) is 1. The lowest BCUT2D eigenvalue weighted by atomic mass is 10.2. The fraction of sp³-hybridized carbons (Fsp3) is 0.667. The van der Waals surface area contributed by atoms with Crippen LogP contribution in [0.15, 0.2) is 0 Å². The van der Waals surface area contributed by atoms with Crippen molar-refractivity contribution in [2.45, 2.75) is 13.0 Å². The summed E-state index contributed by atoms with van der Waals surface area (Å²) in [7, 11) is 1.62. The third-order valence-corrected chi connectivity index (χ3v) is 1.70. The zero-order valence-corrected chi connectivity index (χ0v) is 6.05. The summed E-state index contributed by atoms with van der Waals surface area (Å²) in [5, 5.41) is 2.57. The summed E-state index contributed by atoms with van der Waals surface area (Å²) in [5.41, 5.74) is 0. The van der Waals surface area contributed by atoms with Crippen molar-refractivity contribution in [3.05, 3.63) is 0 Å². The van der Waals surface area contributed by atoms with E-state index in [0.29, 0.717) is 6.54 Å². The molecule has 0 aromatic rings. The molecule has 2 amide bonds. The fourth-order valence-corrected chi connectivity index (χ4v) is 1.00. The standard InChI is InChI=1S/C6H10N2O2/c1-4(9)5-3-7-6(10)8(5)2/h5H,3H2,1-2H3,(H,7,10). The lowest BCUT2D eigenvalue weighted by molar-refractivity contribution is -0.120. The van der Waals surface area contributed by atoms with Gasteiger partial charge in [0.05, 0.1) is 0 Å². The number of amides is 2.